The molecule has 1 aromatic heterocycles. The van der Waals surface area contributed by atoms with Gasteiger partial charge in [-0.3, -0.25) is 9.48 Å². The molecule has 146 valence electrons. The Hall–Kier alpha value is -2.63. The zero-order chi connectivity index (χ0) is 19.8. The third-order valence-electron chi connectivity index (χ3n) is 4.36. The van der Waals surface area contributed by atoms with Gasteiger partial charge in [-0.15, -0.1) is 0 Å². The minimum absolute atomic E-state index is 0.00668. The minimum atomic E-state index is 0.00668. The van der Waals surface area contributed by atoms with Crippen LogP contribution in [-0.4, -0.2) is 28.8 Å². The van der Waals surface area contributed by atoms with Gasteiger partial charge in [-0.1, -0.05) is 54.1 Å². The van der Waals surface area contributed by atoms with Crippen LogP contribution in [0, 0.1) is 0 Å². The van der Waals surface area contributed by atoms with Gasteiger partial charge in [0.25, 0.3) is 0 Å². The van der Waals surface area contributed by atoms with Crippen LogP contribution in [0.2, 0.25) is 5.02 Å². The molecule has 0 unspecified atom stereocenters. The third kappa shape index (κ3) is 5.94. The smallest absolute Gasteiger partial charge is 0.216 e. The van der Waals surface area contributed by atoms with E-state index >= 15 is 0 Å². The number of hydrogen-bond donors (Lipinski definition) is 2. The summed E-state index contributed by atoms with van der Waals surface area (Å²) >= 11 is 6.04. The van der Waals surface area contributed by atoms with Crippen LogP contribution in [0.4, 0.5) is 0 Å². The molecule has 3 rings (SSSR count). The highest BCUT2D eigenvalue weighted by molar-refractivity contribution is 6.30. The molecule has 5 nitrogen and oxygen atoms in total. The topological polar surface area (TPSA) is 59.0 Å². The summed E-state index contributed by atoms with van der Waals surface area (Å²) in [7, 11) is 0. The van der Waals surface area contributed by atoms with Gasteiger partial charge in [0, 0.05) is 42.4 Å². The lowest BCUT2D eigenvalue weighted by atomic mass is 10.1. The maximum atomic E-state index is 10.9. The number of halogens is 1. The Kier molecular flexibility index (Phi) is 7.23. The van der Waals surface area contributed by atoms with Crippen LogP contribution in [0.1, 0.15) is 24.5 Å². The fourth-order valence-corrected chi connectivity index (χ4v) is 3.12. The Balaban J connectivity index is 1.70. The van der Waals surface area contributed by atoms with E-state index in [1.807, 2.05) is 47.1 Å². The maximum Gasteiger partial charge on any atom is 0.216 e. The first kappa shape index (κ1) is 20.1. The number of aromatic nitrogens is 2. The van der Waals surface area contributed by atoms with Gasteiger partial charge in [-0.25, -0.2) is 0 Å². The second kappa shape index (κ2) is 10.1. The van der Waals surface area contributed by atoms with E-state index in [0.29, 0.717) is 18.1 Å². The zero-order valence-corrected chi connectivity index (χ0v) is 16.7. The average Bonchev–Trinajstić information content (AvgIpc) is 3.08. The monoisotopic (exact) mass is 396 g/mol. The van der Waals surface area contributed by atoms with Crippen molar-refractivity contribution < 1.29 is 4.79 Å². The summed E-state index contributed by atoms with van der Waals surface area (Å²) in [5, 5.41) is 11.8. The molecule has 3 aromatic rings. The lowest BCUT2D eigenvalue weighted by molar-refractivity contribution is -0.118. The standard InChI is InChI=1S/C22H25ClN4O/c1-17(28)25-13-5-12-24-14-20-16-27(15-18-6-3-2-4-7-18)26-22(20)19-8-10-21(23)11-9-19/h2-4,6-11,16,24H,5,12-15H2,1H3,(H,25,28). The predicted octanol–water partition coefficient (Wildman–Crippen LogP) is 3.87. The molecule has 2 N–H and O–H groups in total. The van der Waals surface area contributed by atoms with Crippen LogP contribution in [-0.2, 0) is 17.9 Å². The molecule has 2 aromatic carbocycles. The van der Waals surface area contributed by atoms with Crippen LogP contribution in [0.3, 0.4) is 0 Å². The van der Waals surface area contributed by atoms with Crippen LogP contribution in [0.15, 0.2) is 60.8 Å². The zero-order valence-electron chi connectivity index (χ0n) is 16.0. The molecule has 0 bridgehead atoms. The molecule has 0 atom stereocenters. The van der Waals surface area contributed by atoms with Crippen molar-refractivity contribution in [3.8, 4) is 11.3 Å². The number of carbonyl (C=O) groups is 1. The SMILES string of the molecule is CC(=O)NCCCNCc1cn(Cc2ccccc2)nc1-c1ccc(Cl)cc1. The average molecular weight is 397 g/mol. The molecule has 0 aliphatic heterocycles. The van der Waals surface area contributed by atoms with Gasteiger partial charge in [0.1, 0.15) is 0 Å². The highest BCUT2D eigenvalue weighted by Crippen LogP contribution is 2.24. The summed E-state index contributed by atoms with van der Waals surface area (Å²) in [5.41, 5.74) is 4.36. The number of carbonyl (C=O) groups excluding carboxylic acids is 1. The molecule has 0 aliphatic carbocycles. The fraction of sp³-hybridized carbons (Fsp3) is 0.273. The summed E-state index contributed by atoms with van der Waals surface area (Å²) in [4.78, 5) is 10.9. The summed E-state index contributed by atoms with van der Waals surface area (Å²) in [6, 6.07) is 18.1. The van der Waals surface area contributed by atoms with Crippen molar-refractivity contribution in [2.45, 2.75) is 26.4 Å². The summed E-state index contributed by atoms with van der Waals surface area (Å²) in [6.45, 7) is 4.48. The number of nitrogens with zero attached hydrogens (tertiary/aromatic N) is 2. The van der Waals surface area contributed by atoms with Crippen molar-refractivity contribution >= 4 is 17.5 Å². The van der Waals surface area contributed by atoms with E-state index in [1.54, 1.807) is 0 Å². The summed E-state index contributed by atoms with van der Waals surface area (Å²) < 4.78 is 1.98. The Labute approximate surface area is 170 Å². The predicted molar refractivity (Wildman–Crippen MR) is 113 cm³/mol. The van der Waals surface area contributed by atoms with E-state index < -0.39 is 0 Å². The third-order valence-corrected chi connectivity index (χ3v) is 4.61. The normalized spacial score (nSPS) is 10.8. The summed E-state index contributed by atoms with van der Waals surface area (Å²) in [5.74, 6) is 0.00668. The molecule has 0 spiro atoms. The largest absolute Gasteiger partial charge is 0.356 e. The molecule has 1 heterocycles. The summed E-state index contributed by atoms with van der Waals surface area (Å²) in [6.07, 6.45) is 2.98. The van der Waals surface area contributed by atoms with Crippen LogP contribution < -0.4 is 10.6 Å². The first-order chi connectivity index (χ1) is 13.6. The van der Waals surface area contributed by atoms with E-state index in [-0.39, 0.29) is 5.91 Å². The molecule has 28 heavy (non-hydrogen) atoms. The Morgan fingerprint density at radius 3 is 2.54 bits per heavy atom. The Morgan fingerprint density at radius 1 is 1.07 bits per heavy atom. The quantitative estimate of drug-likeness (QED) is 0.540. The van der Waals surface area contributed by atoms with E-state index in [0.717, 1.165) is 36.3 Å². The van der Waals surface area contributed by atoms with Crippen molar-refractivity contribution in [1.29, 1.82) is 0 Å². The van der Waals surface area contributed by atoms with E-state index in [1.165, 1.54) is 12.5 Å². The Bertz CT molecular complexity index is 891. The number of hydrogen-bond acceptors (Lipinski definition) is 3. The Morgan fingerprint density at radius 2 is 1.82 bits per heavy atom. The second-order valence-electron chi connectivity index (χ2n) is 6.71. The van der Waals surface area contributed by atoms with Gasteiger partial charge in [-0.05, 0) is 30.7 Å². The lowest BCUT2D eigenvalue weighted by Gasteiger charge is -2.06. The van der Waals surface area contributed by atoms with Crippen molar-refractivity contribution in [2.24, 2.45) is 0 Å². The highest BCUT2D eigenvalue weighted by Gasteiger charge is 2.11. The second-order valence-corrected chi connectivity index (χ2v) is 7.14. The van der Waals surface area contributed by atoms with Gasteiger partial charge in [0.2, 0.25) is 5.91 Å². The fourth-order valence-electron chi connectivity index (χ4n) is 3.00. The van der Waals surface area contributed by atoms with Gasteiger partial charge in [0.15, 0.2) is 0 Å². The molecule has 0 radical (unpaired) electrons. The highest BCUT2D eigenvalue weighted by atomic mass is 35.5. The van der Waals surface area contributed by atoms with E-state index in [9.17, 15) is 4.79 Å². The van der Waals surface area contributed by atoms with Crippen molar-refractivity contribution in [2.75, 3.05) is 13.1 Å². The number of rotatable bonds is 9. The molecule has 0 saturated heterocycles. The first-order valence-corrected chi connectivity index (χ1v) is 9.81. The van der Waals surface area contributed by atoms with E-state index in [4.69, 9.17) is 16.7 Å². The van der Waals surface area contributed by atoms with Gasteiger partial charge >= 0.3 is 0 Å². The molecule has 1 amide bonds. The molecule has 0 aliphatic rings. The molecular weight excluding hydrogens is 372 g/mol. The van der Waals surface area contributed by atoms with Crippen molar-refractivity contribution in [3.05, 3.63) is 76.9 Å². The molecular formula is C22H25ClN4O. The number of amides is 1. The number of nitrogens with one attached hydrogen (secondary N) is 2. The van der Waals surface area contributed by atoms with Crippen LogP contribution in [0.5, 0.6) is 0 Å². The first-order valence-electron chi connectivity index (χ1n) is 9.43. The molecule has 0 fully saturated rings. The van der Waals surface area contributed by atoms with Crippen LogP contribution in [0.25, 0.3) is 11.3 Å². The van der Waals surface area contributed by atoms with E-state index in [2.05, 4.69) is 29.0 Å². The minimum Gasteiger partial charge on any atom is -0.356 e. The maximum absolute atomic E-state index is 10.9. The van der Waals surface area contributed by atoms with Crippen molar-refractivity contribution in [3.63, 3.8) is 0 Å². The molecule has 0 saturated carbocycles. The van der Waals surface area contributed by atoms with Crippen LogP contribution >= 0.6 is 11.6 Å². The van der Waals surface area contributed by atoms with Gasteiger partial charge in [0.05, 0.1) is 12.2 Å². The molecule has 6 heteroatoms. The van der Waals surface area contributed by atoms with Gasteiger partial charge < -0.3 is 10.6 Å². The lowest BCUT2D eigenvalue weighted by Crippen LogP contribution is -2.25. The van der Waals surface area contributed by atoms with Gasteiger partial charge in [-0.2, -0.15) is 5.10 Å². The number of benzene rings is 2. The van der Waals surface area contributed by atoms with Crippen molar-refractivity contribution in [1.82, 2.24) is 20.4 Å².